The lowest BCUT2D eigenvalue weighted by Crippen LogP contribution is -2.31. The molecule has 4 N–H and O–H groups in total. The maximum Gasteiger partial charge on any atom is 0.178 e. The van der Waals surface area contributed by atoms with Crippen molar-refractivity contribution in [1.82, 2.24) is 5.32 Å². The molecule has 0 aliphatic carbocycles. The van der Waals surface area contributed by atoms with Crippen LogP contribution in [0.1, 0.15) is 31.4 Å². The van der Waals surface area contributed by atoms with Crippen molar-refractivity contribution < 1.29 is 13.5 Å². The SMILES string of the molecule is CCCS(=O)(=O)c1ccc(C(O)C(N)CCNC)cc1. The highest BCUT2D eigenvalue weighted by Crippen LogP contribution is 2.20. The standard InChI is InChI=1S/C14H24N2O3S/c1-3-10-20(18,19)12-6-4-11(5-7-12)14(17)13(15)8-9-16-2/h4-7,13-14,16-17H,3,8-10,15H2,1-2H3. The van der Waals surface area contributed by atoms with Gasteiger partial charge in [0.25, 0.3) is 0 Å². The van der Waals surface area contributed by atoms with Gasteiger partial charge in [-0.2, -0.15) is 0 Å². The number of hydrogen-bond acceptors (Lipinski definition) is 5. The molecular formula is C14H24N2O3S. The third-order valence-electron chi connectivity index (χ3n) is 3.19. The second kappa shape index (κ2) is 7.73. The van der Waals surface area contributed by atoms with Crippen molar-refractivity contribution in [1.29, 1.82) is 0 Å². The van der Waals surface area contributed by atoms with Crippen molar-refractivity contribution in [2.75, 3.05) is 19.3 Å². The minimum absolute atomic E-state index is 0.135. The van der Waals surface area contributed by atoms with Crippen molar-refractivity contribution >= 4 is 9.84 Å². The molecule has 20 heavy (non-hydrogen) atoms. The van der Waals surface area contributed by atoms with E-state index in [1.807, 2.05) is 14.0 Å². The van der Waals surface area contributed by atoms with E-state index in [0.717, 1.165) is 6.54 Å². The summed E-state index contributed by atoms with van der Waals surface area (Å²) in [4.78, 5) is 0.291. The van der Waals surface area contributed by atoms with Crippen LogP contribution in [0, 0.1) is 0 Å². The van der Waals surface area contributed by atoms with E-state index in [1.165, 1.54) is 12.1 Å². The van der Waals surface area contributed by atoms with Crippen molar-refractivity contribution in [3.8, 4) is 0 Å². The molecule has 0 amide bonds. The van der Waals surface area contributed by atoms with Crippen LogP contribution in [-0.2, 0) is 9.84 Å². The molecule has 0 aromatic heterocycles. The summed E-state index contributed by atoms with van der Waals surface area (Å²) < 4.78 is 23.8. The number of nitrogens with two attached hydrogens (primary N) is 1. The second-order valence-corrected chi connectivity index (χ2v) is 7.00. The summed E-state index contributed by atoms with van der Waals surface area (Å²) in [6.07, 6.45) is 0.445. The molecule has 0 fully saturated rings. The fourth-order valence-corrected chi connectivity index (χ4v) is 3.30. The monoisotopic (exact) mass is 300 g/mol. The van der Waals surface area contributed by atoms with Crippen LogP contribution in [0.5, 0.6) is 0 Å². The third-order valence-corrected chi connectivity index (χ3v) is 5.12. The van der Waals surface area contributed by atoms with Crippen LogP contribution in [0.3, 0.4) is 0 Å². The van der Waals surface area contributed by atoms with Crippen LogP contribution in [0.15, 0.2) is 29.2 Å². The smallest absolute Gasteiger partial charge is 0.178 e. The minimum Gasteiger partial charge on any atom is -0.387 e. The predicted octanol–water partition coefficient (Wildman–Crippen LogP) is 0.840. The Morgan fingerprint density at radius 2 is 1.90 bits per heavy atom. The van der Waals surface area contributed by atoms with Gasteiger partial charge in [-0.3, -0.25) is 0 Å². The van der Waals surface area contributed by atoms with Gasteiger partial charge in [-0.1, -0.05) is 19.1 Å². The Morgan fingerprint density at radius 3 is 2.40 bits per heavy atom. The van der Waals surface area contributed by atoms with Crippen LogP contribution in [-0.4, -0.2) is 38.9 Å². The van der Waals surface area contributed by atoms with E-state index < -0.39 is 15.9 Å². The Morgan fingerprint density at radius 1 is 1.30 bits per heavy atom. The number of benzene rings is 1. The first-order valence-electron chi connectivity index (χ1n) is 6.83. The van der Waals surface area contributed by atoms with Gasteiger partial charge in [0.1, 0.15) is 0 Å². The quantitative estimate of drug-likeness (QED) is 0.661. The summed E-state index contributed by atoms with van der Waals surface area (Å²) in [5.41, 5.74) is 6.54. The summed E-state index contributed by atoms with van der Waals surface area (Å²) in [5.74, 6) is 0.135. The Kier molecular flexibility index (Phi) is 6.61. The lowest BCUT2D eigenvalue weighted by atomic mass is 10.0. The lowest BCUT2D eigenvalue weighted by Gasteiger charge is -2.19. The number of sulfone groups is 1. The molecule has 0 aliphatic heterocycles. The minimum atomic E-state index is -3.21. The van der Waals surface area contributed by atoms with Gasteiger partial charge in [0.15, 0.2) is 9.84 Å². The number of nitrogens with one attached hydrogen (secondary N) is 1. The highest BCUT2D eigenvalue weighted by atomic mass is 32.2. The van der Waals surface area contributed by atoms with Gasteiger partial charge in [-0.25, -0.2) is 8.42 Å². The lowest BCUT2D eigenvalue weighted by molar-refractivity contribution is 0.142. The van der Waals surface area contributed by atoms with Crippen molar-refractivity contribution in [3.63, 3.8) is 0 Å². The molecule has 114 valence electrons. The average molecular weight is 300 g/mol. The first kappa shape index (κ1) is 17.1. The van der Waals surface area contributed by atoms with Gasteiger partial charge in [0, 0.05) is 6.04 Å². The molecule has 1 rings (SSSR count). The Balaban J connectivity index is 2.81. The Hall–Kier alpha value is -0.950. The molecule has 2 unspecified atom stereocenters. The average Bonchev–Trinajstić information content (AvgIpc) is 2.44. The molecule has 0 radical (unpaired) electrons. The molecule has 5 nitrogen and oxygen atoms in total. The zero-order valence-corrected chi connectivity index (χ0v) is 12.9. The van der Waals surface area contributed by atoms with E-state index in [-0.39, 0.29) is 11.8 Å². The first-order chi connectivity index (χ1) is 9.42. The van der Waals surface area contributed by atoms with E-state index in [0.29, 0.717) is 23.3 Å². The molecule has 0 saturated heterocycles. The Labute approximate surface area is 121 Å². The van der Waals surface area contributed by atoms with Gasteiger partial charge in [-0.05, 0) is 44.1 Å². The van der Waals surface area contributed by atoms with Gasteiger partial charge < -0.3 is 16.2 Å². The maximum atomic E-state index is 11.9. The van der Waals surface area contributed by atoms with Crippen LogP contribution in [0.4, 0.5) is 0 Å². The topological polar surface area (TPSA) is 92.4 Å². The molecule has 0 spiro atoms. The molecular weight excluding hydrogens is 276 g/mol. The van der Waals surface area contributed by atoms with Gasteiger partial charge in [-0.15, -0.1) is 0 Å². The zero-order valence-electron chi connectivity index (χ0n) is 12.0. The van der Waals surface area contributed by atoms with Crippen molar-refractivity contribution in [2.45, 2.75) is 36.8 Å². The molecule has 0 bridgehead atoms. The van der Waals surface area contributed by atoms with Crippen LogP contribution < -0.4 is 11.1 Å². The largest absolute Gasteiger partial charge is 0.387 e. The number of aliphatic hydroxyl groups excluding tert-OH is 1. The predicted molar refractivity (Wildman–Crippen MR) is 80.3 cm³/mol. The molecule has 0 heterocycles. The highest BCUT2D eigenvalue weighted by molar-refractivity contribution is 7.91. The highest BCUT2D eigenvalue weighted by Gasteiger charge is 2.18. The van der Waals surface area contributed by atoms with Gasteiger partial charge in [0.2, 0.25) is 0 Å². The molecule has 1 aromatic carbocycles. The molecule has 1 aromatic rings. The van der Waals surface area contributed by atoms with Crippen LogP contribution >= 0.6 is 0 Å². The zero-order chi connectivity index (χ0) is 15.2. The van der Waals surface area contributed by atoms with Crippen molar-refractivity contribution in [2.24, 2.45) is 5.73 Å². The Bertz CT molecular complexity index is 500. The number of aliphatic hydroxyl groups is 1. The van der Waals surface area contributed by atoms with Crippen molar-refractivity contribution in [3.05, 3.63) is 29.8 Å². The third kappa shape index (κ3) is 4.56. The van der Waals surface area contributed by atoms with E-state index >= 15 is 0 Å². The summed E-state index contributed by atoms with van der Waals surface area (Å²) in [6.45, 7) is 2.55. The normalized spacial score (nSPS) is 15.0. The maximum absolute atomic E-state index is 11.9. The fraction of sp³-hybridized carbons (Fsp3) is 0.571. The number of hydrogen-bond donors (Lipinski definition) is 3. The second-order valence-electron chi connectivity index (χ2n) is 4.89. The molecule has 6 heteroatoms. The van der Waals surface area contributed by atoms with Gasteiger partial charge >= 0.3 is 0 Å². The van der Waals surface area contributed by atoms with E-state index in [2.05, 4.69) is 5.32 Å². The first-order valence-corrected chi connectivity index (χ1v) is 8.48. The fourth-order valence-electron chi connectivity index (χ4n) is 1.97. The molecule has 2 atom stereocenters. The summed E-state index contributed by atoms with van der Waals surface area (Å²) in [7, 11) is -1.38. The van der Waals surface area contributed by atoms with Crippen LogP contribution in [0.25, 0.3) is 0 Å². The number of rotatable bonds is 8. The summed E-state index contributed by atoms with van der Waals surface area (Å²) >= 11 is 0. The van der Waals surface area contributed by atoms with E-state index in [1.54, 1.807) is 12.1 Å². The van der Waals surface area contributed by atoms with Gasteiger partial charge in [0.05, 0.1) is 16.8 Å². The van der Waals surface area contributed by atoms with E-state index in [4.69, 9.17) is 5.73 Å². The molecule has 0 aliphatic rings. The van der Waals surface area contributed by atoms with E-state index in [9.17, 15) is 13.5 Å². The summed E-state index contributed by atoms with van der Waals surface area (Å²) in [6, 6.07) is 5.96. The molecule has 0 saturated carbocycles. The van der Waals surface area contributed by atoms with Crippen LogP contribution in [0.2, 0.25) is 0 Å². The summed E-state index contributed by atoms with van der Waals surface area (Å²) in [5, 5.41) is 13.1.